The molecule has 0 spiro atoms. The van der Waals surface area contributed by atoms with E-state index < -0.39 is 10.0 Å². The maximum Gasteiger partial charge on any atom is 0.238 e. The molecule has 15 heavy (non-hydrogen) atoms. The molecule has 0 saturated carbocycles. The fourth-order valence-corrected chi connectivity index (χ4v) is 2.04. The molecule has 0 atom stereocenters. The summed E-state index contributed by atoms with van der Waals surface area (Å²) >= 11 is 5.88. The van der Waals surface area contributed by atoms with Crippen molar-refractivity contribution < 1.29 is 8.42 Å². The summed E-state index contributed by atoms with van der Waals surface area (Å²) in [5.74, 6) is 0. The van der Waals surface area contributed by atoms with Crippen LogP contribution in [-0.2, 0) is 10.0 Å². The fraction of sp³-hybridized carbons (Fsp3) is 0. The molecule has 0 radical (unpaired) electrons. The lowest BCUT2D eigenvalue weighted by atomic mass is 10.2. The van der Waals surface area contributed by atoms with Gasteiger partial charge >= 0.3 is 0 Å². The first-order valence-corrected chi connectivity index (χ1v) is 5.97. The number of aromatic nitrogens is 1. The fourth-order valence-electron chi connectivity index (χ4n) is 1.28. The predicted octanol–water partition coefficient (Wildman–Crippen LogP) is 1.54. The molecule has 0 aliphatic carbocycles. The molecule has 0 unspecified atom stereocenters. The van der Waals surface area contributed by atoms with E-state index in [9.17, 15) is 8.42 Å². The Morgan fingerprint density at radius 3 is 2.67 bits per heavy atom. The summed E-state index contributed by atoms with van der Waals surface area (Å²) in [5.41, 5.74) is 0. The van der Waals surface area contributed by atoms with Crippen LogP contribution in [0.5, 0.6) is 0 Å². The second-order valence-corrected chi connectivity index (χ2v) is 5.02. The Bertz CT molecular complexity index is 625. The zero-order chi connectivity index (χ0) is 11.1. The van der Waals surface area contributed by atoms with Crippen LogP contribution in [0.25, 0.3) is 10.8 Å². The number of hydrogen-bond donors (Lipinski definition) is 1. The lowest BCUT2D eigenvalue weighted by molar-refractivity contribution is 0.598. The second-order valence-electron chi connectivity index (χ2n) is 3.05. The third kappa shape index (κ3) is 1.94. The Morgan fingerprint density at radius 2 is 2.00 bits per heavy atom. The summed E-state index contributed by atoms with van der Waals surface area (Å²) in [7, 11) is -3.69. The lowest BCUT2D eigenvalue weighted by Crippen LogP contribution is -2.11. The van der Waals surface area contributed by atoms with Crippen molar-refractivity contribution in [3.63, 3.8) is 0 Å². The summed E-state index contributed by atoms with van der Waals surface area (Å²) in [6.45, 7) is 0. The van der Waals surface area contributed by atoms with Crippen molar-refractivity contribution in [2.24, 2.45) is 5.14 Å². The van der Waals surface area contributed by atoms with Crippen LogP contribution in [0.3, 0.4) is 0 Å². The zero-order valence-corrected chi connectivity index (χ0v) is 9.09. The van der Waals surface area contributed by atoms with Crippen molar-refractivity contribution in [2.45, 2.75) is 4.90 Å². The van der Waals surface area contributed by atoms with Gasteiger partial charge in [0.15, 0.2) is 0 Å². The van der Waals surface area contributed by atoms with E-state index in [0.717, 1.165) is 5.39 Å². The highest BCUT2D eigenvalue weighted by atomic mass is 35.5. The molecule has 0 aliphatic rings. The summed E-state index contributed by atoms with van der Waals surface area (Å²) in [6.07, 6.45) is 3.06. The minimum atomic E-state index is -3.69. The first-order chi connectivity index (χ1) is 6.98. The van der Waals surface area contributed by atoms with Crippen molar-refractivity contribution in [1.29, 1.82) is 0 Å². The number of nitrogens with two attached hydrogens (primary N) is 1. The maximum atomic E-state index is 11.1. The number of rotatable bonds is 1. The van der Waals surface area contributed by atoms with Gasteiger partial charge in [0.1, 0.15) is 0 Å². The molecule has 0 aliphatic heterocycles. The molecule has 0 saturated heterocycles. The number of fused-ring (bicyclic) bond motifs is 1. The quantitative estimate of drug-likeness (QED) is 0.824. The Kier molecular flexibility index (Phi) is 2.38. The summed E-state index contributed by atoms with van der Waals surface area (Å²) in [5, 5.41) is 6.81. The Balaban J connectivity index is 2.81. The normalized spacial score (nSPS) is 11.9. The molecular formula is C9H7ClN2O2S. The third-order valence-electron chi connectivity index (χ3n) is 2.01. The standard InChI is InChI=1S/C9H7ClN2O2S/c10-9-5-12-4-6-1-2-7(3-8(6)9)15(11,13)14/h1-5H,(H2,11,13,14). The van der Waals surface area contributed by atoms with E-state index in [0.29, 0.717) is 10.4 Å². The largest absolute Gasteiger partial charge is 0.263 e. The highest BCUT2D eigenvalue weighted by Gasteiger charge is 2.09. The van der Waals surface area contributed by atoms with Crippen LogP contribution >= 0.6 is 11.6 Å². The number of hydrogen-bond acceptors (Lipinski definition) is 3. The summed E-state index contributed by atoms with van der Waals surface area (Å²) in [4.78, 5) is 3.94. The first kappa shape index (κ1) is 10.4. The van der Waals surface area contributed by atoms with E-state index in [1.807, 2.05) is 0 Å². The van der Waals surface area contributed by atoms with Crippen LogP contribution in [0.15, 0.2) is 35.5 Å². The smallest absolute Gasteiger partial charge is 0.238 e. The van der Waals surface area contributed by atoms with Gasteiger partial charge in [-0.25, -0.2) is 13.6 Å². The van der Waals surface area contributed by atoms with Crippen LogP contribution in [0, 0.1) is 0 Å². The molecule has 1 aromatic heterocycles. The topological polar surface area (TPSA) is 73.1 Å². The zero-order valence-electron chi connectivity index (χ0n) is 7.51. The molecule has 0 bridgehead atoms. The number of halogens is 1. The van der Waals surface area contributed by atoms with Crippen molar-refractivity contribution in [1.82, 2.24) is 4.98 Å². The van der Waals surface area contributed by atoms with E-state index in [4.69, 9.17) is 16.7 Å². The molecule has 2 N–H and O–H groups in total. The van der Waals surface area contributed by atoms with Gasteiger partial charge in [0.25, 0.3) is 0 Å². The van der Waals surface area contributed by atoms with Gasteiger partial charge < -0.3 is 0 Å². The monoisotopic (exact) mass is 242 g/mol. The Hall–Kier alpha value is -1.17. The SMILES string of the molecule is NS(=O)(=O)c1ccc2cncc(Cl)c2c1. The predicted molar refractivity (Wildman–Crippen MR) is 58.1 cm³/mol. The molecule has 2 aromatic rings. The van der Waals surface area contributed by atoms with Crippen molar-refractivity contribution in [2.75, 3.05) is 0 Å². The van der Waals surface area contributed by atoms with E-state index in [2.05, 4.69) is 4.98 Å². The molecular weight excluding hydrogens is 236 g/mol. The number of benzene rings is 1. The van der Waals surface area contributed by atoms with Crippen LogP contribution in [0.1, 0.15) is 0 Å². The molecule has 4 nitrogen and oxygen atoms in total. The average molecular weight is 243 g/mol. The lowest BCUT2D eigenvalue weighted by Gasteiger charge is -2.02. The summed E-state index contributed by atoms with van der Waals surface area (Å²) in [6, 6.07) is 4.48. The summed E-state index contributed by atoms with van der Waals surface area (Å²) < 4.78 is 22.2. The van der Waals surface area contributed by atoms with Gasteiger partial charge in [-0.15, -0.1) is 0 Å². The molecule has 0 amide bonds. The van der Waals surface area contributed by atoms with Crippen LogP contribution in [0.2, 0.25) is 5.02 Å². The van der Waals surface area contributed by atoms with Gasteiger partial charge in [0.2, 0.25) is 10.0 Å². The number of pyridine rings is 1. The Morgan fingerprint density at radius 1 is 1.27 bits per heavy atom. The van der Waals surface area contributed by atoms with Crippen molar-refractivity contribution in [3.8, 4) is 0 Å². The molecule has 1 aromatic carbocycles. The Labute approximate surface area is 91.7 Å². The minimum absolute atomic E-state index is 0.0445. The van der Waals surface area contributed by atoms with Crippen LogP contribution < -0.4 is 5.14 Å². The van der Waals surface area contributed by atoms with Gasteiger partial charge in [0.05, 0.1) is 9.92 Å². The van der Waals surface area contributed by atoms with E-state index in [1.165, 1.54) is 18.3 Å². The highest BCUT2D eigenvalue weighted by molar-refractivity contribution is 7.89. The van der Waals surface area contributed by atoms with Gasteiger partial charge in [-0.3, -0.25) is 4.98 Å². The van der Waals surface area contributed by atoms with E-state index in [1.54, 1.807) is 12.3 Å². The minimum Gasteiger partial charge on any atom is -0.263 e. The molecule has 78 valence electrons. The van der Waals surface area contributed by atoms with Gasteiger partial charge in [-0.05, 0) is 12.1 Å². The van der Waals surface area contributed by atoms with Crippen molar-refractivity contribution >= 4 is 32.4 Å². The number of sulfonamides is 1. The molecule has 1 heterocycles. The third-order valence-corrected chi connectivity index (χ3v) is 3.22. The van der Waals surface area contributed by atoms with Crippen molar-refractivity contribution in [3.05, 3.63) is 35.6 Å². The maximum absolute atomic E-state index is 11.1. The van der Waals surface area contributed by atoms with Crippen LogP contribution in [-0.4, -0.2) is 13.4 Å². The van der Waals surface area contributed by atoms with Gasteiger partial charge in [-0.2, -0.15) is 0 Å². The molecule has 6 heteroatoms. The van der Waals surface area contributed by atoms with E-state index >= 15 is 0 Å². The first-order valence-electron chi connectivity index (χ1n) is 4.04. The molecule has 0 fully saturated rings. The number of primary sulfonamides is 1. The highest BCUT2D eigenvalue weighted by Crippen LogP contribution is 2.24. The number of nitrogens with zero attached hydrogens (tertiary/aromatic N) is 1. The average Bonchev–Trinajstić information content (AvgIpc) is 2.16. The van der Waals surface area contributed by atoms with Gasteiger partial charge in [-0.1, -0.05) is 17.7 Å². The van der Waals surface area contributed by atoms with E-state index in [-0.39, 0.29) is 4.90 Å². The van der Waals surface area contributed by atoms with Crippen LogP contribution in [0.4, 0.5) is 0 Å². The molecule has 2 rings (SSSR count). The van der Waals surface area contributed by atoms with Gasteiger partial charge in [0, 0.05) is 23.2 Å². The second kappa shape index (κ2) is 3.44.